The van der Waals surface area contributed by atoms with Gasteiger partial charge in [0.2, 0.25) is 23.6 Å². The summed E-state index contributed by atoms with van der Waals surface area (Å²) in [6.07, 6.45) is -0.517. The summed E-state index contributed by atoms with van der Waals surface area (Å²) in [6.45, 7) is 10.7. The van der Waals surface area contributed by atoms with Crippen LogP contribution in [0.4, 0.5) is 16.3 Å². The highest BCUT2D eigenvalue weighted by Gasteiger charge is 2.47. The first kappa shape index (κ1) is 49.2. The minimum atomic E-state index is -1.38. The number of amides is 7. The molecule has 0 aliphatic carbocycles. The molecule has 0 radical (unpaired) electrons. The number of aliphatic imine (C=N–C) groups is 1. The Morgan fingerprint density at radius 1 is 1.05 bits per heavy atom. The number of H-pyrrole nitrogens is 1. The normalized spacial score (nSPS) is 21.3. The van der Waals surface area contributed by atoms with Gasteiger partial charge in [0, 0.05) is 45.0 Å². The molecule has 0 saturated carbocycles. The number of methoxy groups -OCH3 is 1. The molecule has 0 unspecified atom stereocenters. The Morgan fingerprint density at radius 3 is 2.32 bits per heavy atom. The number of nitrogens with one attached hydrogen (secondary N) is 6. The van der Waals surface area contributed by atoms with E-state index in [2.05, 4.69) is 48.1 Å². The fourth-order valence-electron chi connectivity index (χ4n) is 6.48. The fraction of sp³-hybridized carbons (Fsp3) is 0.488. The van der Waals surface area contributed by atoms with Crippen LogP contribution in [0.5, 0.6) is 0 Å². The molecule has 0 bridgehead atoms. The third-order valence-electron chi connectivity index (χ3n) is 10.3. The molecule has 342 valence electrons. The molecule has 8 N–H and O–H groups in total. The van der Waals surface area contributed by atoms with Gasteiger partial charge >= 0.3 is 6.09 Å². The van der Waals surface area contributed by atoms with Crippen molar-refractivity contribution < 1.29 is 58.0 Å². The number of aliphatic hydroxyl groups excluding tert-OH is 2. The van der Waals surface area contributed by atoms with Crippen molar-refractivity contribution in [2.75, 3.05) is 37.9 Å². The summed E-state index contributed by atoms with van der Waals surface area (Å²) in [5.74, 6) is -3.32. The monoisotopic (exact) mass is 880 g/mol. The SMILES string of the molecule is C=CNc1nc[nH]c1/C(C)=N/[C@H]1O[C@@H](CO)[C@H](NC(=O)[C@H](C)N(C)C(=O)OCc2ccc(NC(=O)[C@H](C)NC(=O)[C@@H](NC(=O)CCN3C(=O)C=CC3=O)C(C)C)cc2)[C@@H](O)[C@@H]1OC. The molecule has 7 amide bonds. The second-order valence-electron chi connectivity index (χ2n) is 15.1. The van der Waals surface area contributed by atoms with E-state index in [1.54, 1.807) is 45.0 Å². The number of imide groups is 1. The number of anilines is 2. The number of benzene rings is 1. The molecule has 1 aromatic carbocycles. The van der Waals surface area contributed by atoms with Crippen molar-refractivity contribution in [3.05, 3.63) is 66.8 Å². The van der Waals surface area contributed by atoms with E-state index >= 15 is 0 Å². The van der Waals surface area contributed by atoms with Crippen LogP contribution in [-0.2, 0) is 49.6 Å². The largest absolute Gasteiger partial charge is 0.445 e. The smallest absolute Gasteiger partial charge is 0.410 e. The number of aromatic nitrogens is 2. The number of carbonyl (C=O) groups is 7. The number of nitrogens with zero attached hydrogens (tertiary/aromatic N) is 4. The highest BCUT2D eigenvalue weighted by Crippen LogP contribution is 2.26. The zero-order valence-electron chi connectivity index (χ0n) is 36.1. The van der Waals surface area contributed by atoms with Gasteiger partial charge in [-0.1, -0.05) is 32.6 Å². The van der Waals surface area contributed by atoms with Crippen LogP contribution in [0, 0.1) is 5.92 Å². The van der Waals surface area contributed by atoms with Crippen LogP contribution in [0.3, 0.4) is 0 Å². The summed E-state index contributed by atoms with van der Waals surface area (Å²) in [7, 11) is 2.70. The number of aromatic amines is 1. The summed E-state index contributed by atoms with van der Waals surface area (Å²) in [5.41, 5.74) is 1.91. The van der Waals surface area contributed by atoms with Crippen LogP contribution in [0.15, 0.2) is 60.5 Å². The average Bonchev–Trinajstić information content (AvgIpc) is 3.86. The summed E-state index contributed by atoms with van der Waals surface area (Å²) in [4.78, 5) is 102. The molecule has 1 fully saturated rings. The maximum absolute atomic E-state index is 13.4. The van der Waals surface area contributed by atoms with Gasteiger partial charge in [0.25, 0.3) is 11.8 Å². The zero-order valence-corrected chi connectivity index (χ0v) is 36.1. The maximum Gasteiger partial charge on any atom is 0.410 e. The molecule has 63 heavy (non-hydrogen) atoms. The average molecular weight is 881 g/mol. The number of likely N-dealkylation sites (N-methyl/N-ethyl adjacent to an activating group) is 1. The van der Waals surface area contributed by atoms with E-state index in [0.717, 1.165) is 22.0 Å². The predicted octanol–water partition coefficient (Wildman–Crippen LogP) is -0.0918. The molecular formula is C41H56N10O12. The fourth-order valence-corrected chi connectivity index (χ4v) is 6.48. The van der Waals surface area contributed by atoms with Crippen molar-refractivity contribution in [2.24, 2.45) is 10.9 Å². The minimum absolute atomic E-state index is 0.144. The third-order valence-corrected chi connectivity index (χ3v) is 10.3. The van der Waals surface area contributed by atoms with Crippen molar-refractivity contribution >= 4 is 58.8 Å². The maximum atomic E-state index is 13.4. The summed E-state index contributed by atoms with van der Waals surface area (Å²) >= 11 is 0. The first-order valence-corrected chi connectivity index (χ1v) is 20.1. The Bertz CT molecular complexity index is 2040. The number of hydrogen-bond acceptors (Lipinski definition) is 15. The molecule has 8 atom stereocenters. The lowest BCUT2D eigenvalue weighted by Crippen LogP contribution is -2.66. The molecule has 22 nitrogen and oxygen atoms in total. The Hall–Kier alpha value is -6.49. The Morgan fingerprint density at radius 2 is 1.71 bits per heavy atom. The van der Waals surface area contributed by atoms with E-state index in [9.17, 15) is 43.8 Å². The Balaban J connectivity index is 1.24. The molecule has 2 aromatic rings. The molecule has 2 aliphatic rings. The first-order chi connectivity index (χ1) is 29.9. The summed E-state index contributed by atoms with van der Waals surface area (Å²) in [6, 6.07) is 2.08. The molecule has 2 aliphatic heterocycles. The third kappa shape index (κ3) is 12.8. The molecule has 3 heterocycles. The van der Waals surface area contributed by atoms with Gasteiger partial charge in [-0.25, -0.2) is 9.78 Å². The van der Waals surface area contributed by atoms with Crippen molar-refractivity contribution in [1.29, 1.82) is 0 Å². The highest BCUT2D eigenvalue weighted by atomic mass is 16.6. The van der Waals surface area contributed by atoms with Crippen LogP contribution in [0.25, 0.3) is 0 Å². The van der Waals surface area contributed by atoms with Gasteiger partial charge in [-0.05, 0) is 50.6 Å². The van der Waals surface area contributed by atoms with Crippen LogP contribution in [0.2, 0.25) is 0 Å². The lowest BCUT2D eigenvalue weighted by atomic mass is 9.95. The van der Waals surface area contributed by atoms with Crippen molar-refractivity contribution in [2.45, 2.75) is 96.4 Å². The van der Waals surface area contributed by atoms with Gasteiger partial charge in [-0.3, -0.25) is 43.6 Å². The zero-order chi connectivity index (χ0) is 46.5. The van der Waals surface area contributed by atoms with Crippen molar-refractivity contribution in [3.8, 4) is 0 Å². The van der Waals surface area contributed by atoms with Crippen molar-refractivity contribution in [1.82, 2.24) is 35.7 Å². The number of hydrogen-bond donors (Lipinski definition) is 8. The van der Waals surface area contributed by atoms with E-state index in [1.165, 1.54) is 40.5 Å². The van der Waals surface area contributed by atoms with E-state index in [-0.39, 0.29) is 25.5 Å². The molecule has 22 heteroatoms. The second-order valence-corrected chi connectivity index (χ2v) is 15.1. The van der Waals surface area contributed by atoms with Crippen LogP contribution in [-0.4, -0.2) is 153 Å². The Labute approximate surface area is 363 Å². The molecular weight excluding hydrogens is 825 g/mol. The number of imidazole rings is 1. The van der Waals surface area contributed by atoms with Gasteiger partial charge in [-0.15, -0.1) is 0 Å². The lowest BCUT2D eigenvalue weighted by Gasteiger charge is -2.43. The standard InChI is InChI=1S/C41H56N10O12/c1-9-42-36-32(43-20-44-36)22(4)46-40-35(61-8)34(56)33(27(18-52)63-40)49-38(58)24(6)50(7)41(60)62-19-25-10-12-26(13-11-25)47-37(57)23(5)45-39(59)31(21(2)3)48-28(53)16-17-51-29(54)14-15-30(51)55/h9-15,20-21,23-24,27,31,33-35,40,42,52,56H,1,16-19H2,2-8H3,(H,43,44)(H,45,59)(H,47,57)(H,48,53)(H,49,58)/b46-22+/t23-,24-,27-,31-,33-,34+,35-,40-/m0/s1. The van der Waals surface area contributed by atoms with E-state index in [4.69, 9.17) is 14.2 Å². The van der Waals surface area contributed by atoms with Crippen molar-refractivity contribution in [3.63, 3.8) is 0 Å². The number of carbonyl (C=O) groups excluding carboxylic acids is 7. The van der Waals surface area contributed by atoms with E-state index < -0.39 is 96.9 Å². The van der Waals surface area contributed by atoms with E-state index in [0.29, 0.717) is 28.5 Å². The van der Waals surface area contributed by atoms with Gasteiger partial charge < -0.3 is 56.0 Å². The molecule has 1 saturated heterocycles. The van der Waals surface area contributed by atoms with Gasteiger partial charge in [0.05, 0.1) is 24.7 Å². The van der Waals surface area contributed by atoms with Crippen LogP contribution in [0.1, 0.15) is 52.3 Å². The minimum Gasteiger partial charge on any atom is -0.445 e. The highest BCUT2D eigenvalue weighted by molar-refractivity contribution is 6.13. The summed E-state index contributed by atoms with van der Waals surface area (Å²) in [5, 5.41) is 34.9. The van der Waals surface area contributed by atoms with Crippen LogP contribution >= 0.6 is 0 Å². The molecule has 1 aromatic heterocycles. The van der Waals surface area contributed by atoms with Gasteiger partial charge in [-0.2, -0.15) is 0 Å². The second kappa shape index (κ2) is 22.6. The lowest BCUT2D eigenvalue weighted by molar-refractivity contribution is -0.199. The quantitative estimate of drug-likeness (QED) is 0.0638. The predicted molar refractivity (Wildman–Crippen MR) is 226 cm³/mol. The van der Waals surface area contributed by atoms with E-state index in [1.807, 2.05) is 0 Å². The molecule has 0 spiro atoms. The first-order valence-electron chi connectivity index (χ1n) is 20.1. The van der Waals surface area contributed by atoms with Gasteiger partial charge in [0.15, 0.2) is 12.0 Å². The number of ether oxygens (including phenoxy) is 3. The Kier molecular flexibility index (Phi) is 17.6. The topological polar surface area (TPSA) is 295 Å². The summed E-state index contributed by atoms with van der Waals surface area (Å²) < 4.78 is 16.9. The number of rotatable bonds is 20. The van der Waals surface area contributed by atoms with Crippen LogP contribution < -0.4 is 26.6 Å². The van der Waals surface area contributed by atoms with Gasteiger partial charge in [0.1, 0.15) is 48.7 Å². The molecule has 4 rings (SSSR count). The number of aliphatic hydroxyl groups is 2.